The zero-order valence-corrected chi connectivity index (χ0v) is 48.7. The van der Waals surface area contributed by atoms with Gasteiger partial charge < -0.3 is 20.3 Å². The third kappa shape index (κ3) is 57.6. The van der Waals surface area contributed by atoms with Crippen molar-refractivity contribution in [3.05, 3.63) is 24.3 Å². The van der Waals surface area contributed by atoms with Crippen LogP contribution in [0.2, 0.25) is 0 Å². The average molecular weight is 1010 g/mol. The van der Waals surface area contributed by atoms with E-state index < -0.39 is 12.1 Å². The smallest absolute Gasteiger partial charge is 0.305 e. The van der Waals surface area contributed by atoms with Crippen molar-refractivity contribution in [2.45, 2.75) is 373 Å². The Bertz CT molecular complexity index is 1120. The molecule has 0 aliphatic carbocycles. The minimum absolute atomic E-state index is 0.0124. The first-order chi connectivity index (χ1) is 35.5. The molecule has 2 atom stereocenters. The quantitative estimate of drug-likeness (QED) is 0.0320. The van der Waals surface area contributed by atoms with Gasteiger partial charge in [-0.3, -0.25) is 9.59 Å². The molecule has 1 amide bonds. The maximum absolute atomic E-state index is 12.5. The Balaban J connectivity index is 3.42. The van der Waals surface area contributed by atoms with Crippen molar-refractivity contribution in [1.82, 2.24) is 5.32 Å². The topological polar surface area (TPSA) is 95.9 Å². The van der Waals surface area contributed by atoms with Crippen molar-refractivity contribution in [3.8, 4) is 0 Å². The number of nitrogens with one attached hydrogen (secondary N) is 1. The molecule has 0 heterocycles. The molecule has 0 aromatic heterocycles. The molecule has 0 spiro atoms. The van der Waals surface area contributed by atoms with E-state index in [0.717, 1.165) is 44.9 Å². The molecule has 0 aliphatic heterocycles. The van der Waals surface area contributed by atoms with Crippen molar-refractivity contribution >= 4 is 11.9 Å². The van der Waals surface area contributed by atoms with E-state index in [4.69, 9.17) is 4.74 Å². The highest BCUT2D eigenvalue weighted by Crippen LogP contribution is 2.18. The van der Waals surface area contributed by atoms with Gasteiger partial charge in [-0.15, -0.1) is 0 Å². The number of hydrogen-bond donors (Lipinski definition) is 3. The highest BCUT2D eigenvalue weighted by atomic mass is 16.5. The van der Waals surface area contributed by atoms with Crippen molar-refractivity contribution in [2.24, 2.45) is 0 Å². The molecule has 0 aliphatic rings. The van der Waals surface area contributed by atoms with Crippen LogP contribution in [0.15, 0.2) is 24.3 Å². The Kier molecular flexibility index (Phi) is 60.5. The minimum Gasteiger partial charge on any atom is -0.466 e. The monoisotopic (exact) mass is 1010 g/mol. The summed E-state index contributed by atoms with van der Waals surface area (Å²) in [6.45, 7) is 4.97. The lowest BCUT2D eigenvalue weighted by Gasteiger charge is -2.22. The van der Waals surface area contributed by atoms with E-state index in [1.165, 1.54) is 283 Å². The SMILES string of the molecule is CCCCCCCCCCCCCCCCCC(=O)OCCCCCCCCCCC/C=C\C/C=C\CCCCCCCCCCCC(=O)NC(CO)C(O)CCCCCCCCCCCCCCCCC. The van der Waals surface area contributed by atoms with Gasteiger partial charge in [0.2, 0.25) is 5.91 Å². The van der Waals surface area contributed by atoms with Crippen LogP contribution < -0.4 is 5.32 Å². The lowest BCUT2D eigenvalue weighted by Crippen LogP contribution is -2.45. The number of aliphatic hydroxyl groups is 2. The van der Waals surface area contributed by atoms with Crippen LogP contribution in [0.25, 0.3) is 0 Å². The van der Waals surface area contributed by atoms with Gasteiger partial charge in [0, 0.05) is 12.8 Å². The molecule has 0 rings (SSSR count). The first kappa shape index (κ1) is 70.3. The Morgan fingerprint density at radius 1 is 0.389 bits per heavy atom. The summed E-state index contributed by atoms with van der Waals surface area (Å²) in [5.74, 6) is -0.0265. The fourth-order valence-electron chi connectivity index (χ4n) is 10.3. The first-order valence-corrected chi connectivity index (χ1v) is 32.6. The van der Waals surface area contributed by atoms with Crippen LogP contribution in [0.5, 0.6) is 0 Å². The van der Waals surface area contributed by atoms with Crippen molar-refractivity contribution in [1.29, 1.82) is 0 Å². The number of allylic oxidation sites excluding steroid dienone is 4. The normalized spacial score (nSPS) is 12.7. The van der Waals surface area contributed by atoms with Gasteiger partial charge >= 0.3 is 5.97 Å². The Morgan fingerprint density at radius 3 is 1.06 bits per heavy atom. The second-order valence-corrected chi connectivity index (χ2v) is 22.5. The number of esters is 1. The van der Waals surface area contributed by atoms with Crippen LogP contribution in [0.4, 0.5) is 0 Å². The summed E-state index contributed by atoms with van der Waals surface area (Å²) in [6.07, 6.45) is 76.3. The van der Waals surface area contributed by atoms with Gasteiger partial charge in [-0.2, -0.15) is 0 Å². The molecule has 0 saturated heterocycles. The van der Waals surface area contributed by atoms with E-state index in [1.807, 2.05) is 0 Å². The molecular formula is C66H127NO5. The predicted octanol–water partition coefficient (Wildman–Crippen LogP) is 20.6. The molecule has 0 saturated carbocycles. The lowest BCUT2D eigenvalue weighted by atomic mass is 10.0. The Hall–Kier alpha value is -1.66. The van der Waals surface area contributed by atoms with E-state index in [0.29, 0.717) is 25.9 Å². The Labute approximate surface area is 450 Å². The van der Waals surface area contributed by atoms with Crippen LogP contribution in [-0.4, -0.2) is 47.4 Å². The summed E-state index contributed by atoms with van der Waals surface area (Å²) >= 11 is 0. The summed E-state index contributed by atoms with van der Waals surface area (Å²) in [7, 11) is 0. The van der Waals surface area contributed by atoms with Crippen LogP contribution in [0.3, 0.4) is 0 Å². The van der Waals surface area contributed by atoms with Gasteiger partial charge in [-0.1, -0.05) is 314 Å². The highest BCUT2D eigenvalue weighted by molar-refractivity contribution is 5.76. The number of rotatable bonds is 61. The first-order valence-electron chi connectivity index (χ1n) is 32.6. The Morgan fingerprint density at radius 2 is 0.694 bits per heavy atom. The molecule has 0 aromatic rings. The van der Waals surface area contributed by atoms with Crippen molar-refractivity contribution in [2.75, 3.05) is 13.2 Å². The lowest BCUT2D eigenvalue weighted by molar-refractivity contribution is -0.143. The number of carbonyl (C=O) groups is 2. The van der Waals surface area contributed by atoms with Gasteiger partial charge in [0.1, 0.15) is 0 Å². The standard InChI is InChI=1S/C66H127NO5/c1-3-5-7-9-11-13-15-17-30-34-38-42-46-50-54-58-64(69)63(62-68)67-65(70)59-55-51-47-43-39-35-32-28-26-24-22-20-19-21-23-25-27-29-33-37-41-45-49-53-57-61-72-66(71)60-56-52-48-44-40-36-31-18-16-14-12-10-8-6-4-2/h20-23,63-64,68-69H,3-19,24-62H2,1-2H3,(H,67,70)/b22-20-,23-21-. The highest BCUT2D eigenvalue weighted by Gasteiger charge is 2.20. The number of ether oxygens (including phenoxy) is 1. The zero-order chi connectivity index (χ0) is 52.2. The number of carbonyl (C=O) groups excluding carboxylic acids is 2. The third-order valence-corrected chi connectivity index (χ3v) is 15.3. The van der Waals surface area contributed by atoms with E-state index in [1.54, 1.807) is 0 Å². The second kappa shape index (κ2) is 61.9. The molecule has 2 unspecified atom stereocenters. The number of amides is 1. The van der Waals surface area contributed by atoms with E-state index in [-0.39, 0.29) is 18.5 Å². The largest absolute Gasteiger partial charge is 0.466 e. The second-order valence-electron chi connectivity index (χ2n) is 22.5. The summed E-state index contributed by atoms with van der Waals surface area (Å²) in [5.41, 5.74) is 0. The molecule has 6 nitrogen and oxygen atoms in total. The van der Waals surface area contributed by atoms with Crippen LogP contribution >= 0.6 is 0 Å². The summed E-state index contributed by atoms with van der Waals surface area (Å²) in [6, 6.07) is -0.546. The molecule has 426 valence electrons. The van der Waals surface area contributed by atoms with Crippen LogP contribution in [0, 0.1) is 0 Å². The van der Waals surface area contributed by atoms with Crippen molar-refractivity contribution in [3.63, 3.8) is 0 Å². The molecule has 3 N–H and O–H groups in total. The van der Waals surface area contributed by atoms with Gasteiger partial charge in [0.25, 0.3) is 0 Å². The maximum atomic E-state index is 12.5. The molecular weight excluding hydrogens is 887 g/mol. The predicted molar refractivity (Wildman–Crippen MR) is 315 cm³/mol. The summed E-state index contributed by atoms with van der Waals surface area (Å²) in [4.78, 5) is 24.6. The maximum Gasteiger partial charge on any atom is 0.305 e. The fraction of sp³-hybridized carbons (Fsp3) is 0.909. The number of hydrogen-bond acceptors (Lipinski definition) is 5. The average Bonchev–Trinajstić information content (AvgIpc) is 3.38. The molecule has 0 aromatic carbocycles. The van der Waals surface area contributed by atoms with Crippen LogP contribution in [0.1, 0.15) is 361 Å². The van der Waals surface area contributed by atoms with Crippen molar-refractivity contribution < 1.29 is 24.5 Å². The minimum atomic E-state index is -0.668. The fourth-order valence-corrected chi connectivity index (χ4v) is 10.3. The molecule has 6 heteroatoms. The van der Waals surface area contributed by atoms with Crippen LogP contribution in [-0.2, 0) is 14.3 Å². The molecule has 0 bridgehead atoms. The third-order valence-electron chi connectivity index (χ3n) is 15.3. The van der Waals surface area contributed by atoms with Gasteiger partial charge in [-0.25, -0.2) is 0 Å². The molecule has 72 heavy (non-hydrogen) atoms. The van der Waals surface area contributed by atoms with E-state index in [2.05, 4.69) is 43.5 Å². The molecule has 0 radical (unpaired) electrons. The van der Waals surface area contributed by atoms with E-state index >= 15 is 0 Å². The van der Waals surface area contributed by atoms with Gasteiger partial charge in [-0.05, 0) is 57.8 Å². The van der Waals surface area contributed by atoms with Gasteiger partial charge in [0.05, 0.1) is 25.4 Å². The summed E-state index contributed by atoms with van der Waals surface area (Å²) in [5, 5.41) is 23.3. The summed E-state index contributed by atoms with van der Waals surface area (Å²) < 4.78 is 5.49. The number of unbranched alkanes of at least 4 members (excludes halogenated alkanes) is 46. The molecule has 0 fully saturated rings. The zero-order valence-electron chi connectivity index (χ0n) is 48.7. The van der Waals surface area contributed by atoms with E-state index in [9.17, 15) is 19.8 Å². The van der Waals surface area contributed by atoms with Gasteiger partial charge in [0.15, 0.2) is 0 Å². The number of aliphatic hydroxyl groups excluding tert-OH is 2.